The number of hydrogen-bond acceptors (Lipinski definition) is 3. The Bertz CT molecular complexity index is 463. The van der Waals surface area contributed by atoms with E-state index in [9.17, 15) is 5.11 Å². The summed E-state index contributed by atoms with van der Waals surface area (Å²) in [6, 6.07) is 9.18. The Labute approximate surface area is 101 Å². The molecule has 2 rings (SSSR count). The molecular weight excluding hydrogens is 214 g/mol. The van der Waals surface area contributed by atoms with Crippen molar-refractivity contribution in [1.82, 2.24) is 4.98 Å². The molecule has 0 bridgehead atoms. The molecule has 0 saturated carbocycles. The standard InChI is InChI=1S/C14H15NO2/c1-11-8-13(16)10-14(9-11)17-7-4-12-2-5-15-6-3-12/h2-3,5-6,8-10,16H,4,7H2,1H3. The van der Waals surface area contributed by atoms with Crippen LogP contribution in [0.25, 0.3) is 0 Å². The van der Waals surface area contributed by atoms with E-state index in [1.165, 1.54) is 5.56 Å². The number of aromatic nitrogens is 1. The Morgan fingerprint density at radius 3 is 2.65 bits per heavy atom. The predicted octanol–water partition coefficient (Wildman–Crippen LogP) is 2.72. The molecule has 3 heteroatoms. The van der Waals surface area contributed by atoms with Crippen molar-refractivity contribution in [3.63, 3.8) is 0 Å². The normalized spacial score (nSPS) is 10.2. The van der Waals surface area contributed by atoms with E-state index in [2.05, 4.69) is 4.98 Å². The fraction of sp³-hybridized carbons (Fsp3) is 0.214. The summed E-state index contributed by atoms with van der Waals surface area (Å²) < 4.78 is 5.59. The second kappa shape index (κ2) is 5.34. The van der Waals surface area contributed by atoms with Crippen molar-refractivity contribution >= 4 is 0 Å². The Balaban J connectivity index is 1.90. The van der Waals surface area contributed by atoms with E-state index >= 15 is 0 Å². The highest BCUT2D eigenvalue weighted by Crippen LogP contribution is 2.21. The maximum atomic E-state index is 9.42. The minimum atomic E-state index is 0.240. The number of ether oxygens (including phenoxy) is 1. The van der Waals surface area contributed by atoms with Gasteiger partial charge in [-0.2, -0.15) is 0 Å². The number of rotatable bonds is 4. The largest absolute Gasteiger partial charge is 0.508 e. The van der Waals surface area contributed by atoms with Gasteiger partial charge in [-0.15, -0.1) is 0 Å². The number of benzene rings is 1. The fourth-order valence-electron chi connectivity index (χ4n) is 1.65. The lowest BCUT2D eigenvalue weighted by Gasteiger charge is -2.07. The molecule has 17 heavy (non-hydrogen) atoms. The fourth-order valence-corrected chi connectivity index (χ4v) is 1.65. The van der Waals surface area contributed by atoms with Gasteiger partial charge in [-0.25, -0.2) is 0 Å². The first-order valence-corrected chi connectivity index (χ1v) is 5.56. The van der Waals surface area contributed by atoms with Crippen molar-refractivity contribution in [2.45, 2.75) is 13.3 Å². The van der Waals surface area contributed by atoms with E-state index in [0.29, 0.717) is 12.4 Å². The molecule has 1 aromatic carbocycles. The van der Waals surface area contributed by atoms with Crippen LogP contribution in [0.3, 0.4) is 0 Å². The van der Waals surface area contributed by atoms with Crippen LogP contribution < -0.4 is 4.74 Å². The number of aromatic hydroxyl groups is 1. The average molecular weight is 229 g/mol. The zero-order chi connectivity index (χ0) is 12.1. The number of nitrogens with zero attached hydrogens (tertiary/aromatic N) is 1. The molecule has 0 spiro atoms. The second-order valence-corrected chi connectivity index (χ2v) is 3.96. The molecule has 1 heterocycles. The van der Waals surface area contributed by atoms with E-state index in [-0.39, 0.29) is 5.75 Å². The van der Waals surface area contributed by atoms with Crippen molar-refractivity contribution in [1.29, 1.82) is 0 Å². The summed E-state index contributed by atoms with van der Waals surface area (Å²) in [6.07, 6.45) is 4.37. The van der Waals surface area contributed by atoms with Crippen LogP contribution in [0.1, 0.15) is 11.1 Å². The topological polar surface area (TPSA) is 42.4 Å². The second-order valence-electron chi connectivity index (χ2n) is 3.96. The SMILES string of the molecule is Cc1cc(O)cc(OCCc2ccncc2)c1. The quantitative estimate of drug-likeness (QED) is 0.876. The molecule has 1 aromatic heterocycles. The van der Waals surface area contributed by atoms with Crippen LogP contribution in [0.5, 0.6) is 11.5 Å². The first kappa shape index (κ1) is 11.5. The zero-order valence-electron chi connectivity index (χ0n) is 9.76. The average Bonchev–Trinajstić information content (AvgIpc) is 2.29. The lowest BCUT2D eigenvalue weighted by atomic mass is 10.2. The van der Waals surface area contributed by atoms with Crippen molar-refractivity contribution in [2.24, 2.45) is 0 Å². The van der Waals surface area contributed by atoms with Gasteiger partial charge in [0.15, 0.2) is 0 Å². The zero-order valence-corrected chi connectivity index (χ0v) is 9.76. The first-order valence-electron chi connectivity index (χ1n) is 5.56. The molecule has 1 N–H and O–H groups in total. The summed E-state index contributed by atoms with van der Waals surface area (Å²) in [5.74, 6) is 0.945. The van der Waals surface area contributed by atoms with Crippen molar-refractivity contribution in [2.75, 3.05) is 6.61 Å². The minimum absolute atomic E-state index is 0.240. The molecule has 0 atom stereocenters. The Kier molecular flexibility index (Phi) is 3.60. The summed E-state index contributed by atoms with van der Waals surface area (Å²) in [4.78, 5) is 3.96. The number of pyridine rings is 1. The van der Waals surface area contributed by atoms with Gasteiger partial charge >= 0.3 is 0 Å². The van der Waals surface area contributed by atoms with Crippen LogP contribution in [0.2, 0.25) is 0 Å². The molecular formula is C14H15NO2. The van der Waals surface area contributed by atoms with E-state index < -0.39 is 0 Å². The number of hydrogen-bond donors (Lipinski definition) is 1. The van der Waals surface area contributed by atoms with E-state index in [1.54, 1.807) is 24.5 Å². The van der Waals surface area contributed by atoms with Crippen LogP contribution in [0, 0.1) is 6.92 Å². The van der Waals surface area contributed by atoms with E-state index in [1.807, 2.05) is 25.1 Å². The highest BCUT2D eigenvalue weighted by molar-refractivity contribution is 5.36. The molecule has 0 aliphatic carbocycles. The third-order valence-electron chi connectivity index (χ3n) is 2.44. The predicted molar refractivity (Wildman–Crippen MR) is 66.3 cm³/mol. The number of aryl methyl sites for hydroxylation is 1. The molecule has 0 aliphatic heterocycles. The molecule has 0 fully saturated rings. The van der Waals surface area contributed by atoms with E-state index in [4.69, 9.17) is 4.74 Å². The van der Waals surface area contributed by atoms with Crippen LogP contribution in [-0.4, -0.2) is 16.7 Å². The van der Waals surface area contributed by atoms with Crippen LogP contribution in [-0.2, 0) is 6.42 Å². The molecule has 2 aromatic rings. The first-order chi connectivity index (χ1) is 8.24. The van der Waals surface area contributed by atoms with E-state index in [0.717, 1.165) is 12.0 Å². The Hall–Kier alpha value is -2.03. The summed E-state index contributed by atoms with van der Waals surface area (Å²) in [6.45, 7) is 2.52. The lowest BCUT2D eigenvalue weighted by Crippen LogP contribution is -2.01. The molecule has 3 nitrogen and oxygen atoms in total. The van der Waals surface area contributed by atoms with Gasteiger partial charge in [0.2, 0.25) is 0 Å². The number of phenolic OH excluding ortho intramolecular Hbond substituents is 1. The Morgan fingerprint density at radius 2 is 1.94 bits per heavy atom. The van der Waals surface area contributed by atoms with Gasteiger partial charge in [-0.05, 0) is 42.3 Å². The summed E-state index contributed by atoms with van der Waals surface area (Å²) in [5, 5.41) is 9.42. The lowest BCUT2D eigenvalue weighted by molar-refractivity contribution is 0.319. The maximum Gasteiger partial charge on any atom is 0.123 e. The highest BCUT2D eigenvalue weighted by Gasteiger charge is 1.99. The molecule has 0 saturated heterocycles. The summed E-state index contributed by atoms with van der Waals surface area (Å²) >= 11 is 0. The summed E-state index contributed by atoms with van der Waals surface area (Å²) in [7, 11) is 0. The smallest absolute Gasteiger partial charge is 0.123 e. The Morgan fingerprint density at radius 1 is 1.18 bits per heavy atom. The van der Waals surface area contributed by atoms with Gasteiger partial charge in [0, 0.05) is 24.9 Å². The molecule has 88 valence electrons. The summed E-state index contributed by atoms with van der Waals surface area (Å²) in [5.41, 5.74) is 2.18. The van der Waals surface area contributed by atoms with Crippen LogP contribution in [0.15, 0.2) is 42.7 Å². The van der Waals surface area contributed by atoms with Crippen LogP contribution in [0.4, 0.5) is 0 Å². The van der Waals surface area contributed by atoms with Gasteiger partial charge in [0.05, 0.1) is 6.61 Å². The maximum absolute atomic E-state index is 9.42. The molecule has 0 aliphatic rings. The monoisotopic (exact) mass is 229 g/mol. The van der Waals surface area contributed by atoms with Gasteiger partial charge in [0.25, 0.3) is 0 Å². The van der Waals surface area contributed by atoms with Gasteiger partial charge in [-0.1, -0.05) is 0 Å². The molecule has 0 unspecified atom stereocenters. The van der Waals surface area contributed by atoms with Gasteiger partial charge in [-0.3, -0.25) is 4.98 Å². The van der Waals surface area contributed by atoms with Crippen molar-refractivity contribution in [3.05, 3.63) is 53.9 Å². The molecule has 0 radical (unpaired) electrons. The number of phenols is 1. The highest BCUT2D eigenvalue weighted by atomic mass is 16.5. The minimum Gasteiger partial charge on any atom is -0.508 e. The van der Waals surface area contributed by atoms with Gasteiger partial charge < -0.3 is 9.84 Å². The van der Waals surface area contributed by atoms with Crippen molar-refractivity contribution in [3.8, 4) is 11.5 Å². The third kappa shape index (κ3) is 3.48. The molecule has 0 amide bonds. The van der Waals surface area contributed by atoms with Gasteiger partial charge in [0.1, 0.15) is 11.5 Å². The third-order valence-corrected chi connectivity index (χ3v) is 2.44. The van der Waals surface area contributed by atoms with Crippen molar-refractivity contribution < 1.29 is 9.84 Å². The van der Waals surface area contributed by atoms with Crippen LogP contribution >= 0.6 is 0 Å².